The number of hydrogen-bond acceptors (Lipinski definition) is 4. The number of hydrazine groups is 1. The minimum Gasteiger partial charge on any atom is -0.383 e. The van der Waals surface area contributed by atoms with Crippen LogP contribution in [0.5, 0.6) is 0 Å². The molecule has 0 unspecified atom stereocenters. The summed E-state index contributed by atoms with van der Waals surface area (Å²) >= 11 is 0. The molecule has 0 saturated carbocycles. The minimum absolute atomic E-state index is 0.724. The Morgan fingerprint density at radius 2 is 1.73 bits per heavy atom. The zero-order chi connectivity index (χ0) is 8.36. The molecule has 0 bridgehead atoms. The van der Waals surface area contributed by atoms with Gasteiger partial charge in [0.15, 0.2) is 0 Å². The Morgan fingerprint density at radius 3 is 2.27 bits per heavy atom. The molecule has 0 atom stereocenters. The highest BCUT2D eigenvalue weighted by atomic mass is 16.5. The maximum absolute atomic E-state index is 5.11. The molecule has 0 aromatic carbocycles. The van der Waals surface area contributed by atoms with Gasteiger partial charge in [-0.2, -0.15) is 0 Å². The molecule has 0 rings (SSSR count). The molecule has 0 aromatic heterocycles. The number of rotatable bonds is 8. The van der Waals surface area contributed by atoms with Gasteiger partial charge in [0.2, 0.25) is 0 Å². The van der Waals surface area contributed by atoms with Gasteiger partial charge in [0, 0.05) is 26.8 Å². The Balaban J connectivity index is 2.69. The first kappa shape index (κ1) is 10.8. The average molecular weight is 162 g/mol. The topological polar surface area (TPSA) is 42.5 Å². The van der Waals surface area contributed by atoms with Crippen molar-refractivity contribution in [2.75, 3.05) is 40.0 Å². The Labute approximate surface area is 68.2 Å². The van der Waals surface area contributed by atoms with Crippen molar-refractivity contribution in [1.82, 2.24) is 10.9 Å². The van der Waals surface area contributed by atoms with Crippen LogP contribution in [0.1, 0.15) is 6.92 Å². The van der Waals surface area contributed by atoms with Crippen LogP contribution in [0.4, 0.5) is 0 Å². The highest BCUT2D eigenvalue weighted by Crippen LogP contribution is 1.68. The summed E-state index contributed by atoms with van der Waals surface area (Å²) < 4.78 is 9.94. The van der Waals surface area contributed by atoms with Crippen LogP contribution >= 0.6 is 0 Å². The predicted octanol–water partition coefficient (Wildman–Crippen LogP) is -0.236. The fourth-order valence-corrected chi connectivity index (χ4v) is 0.597. The van der Waals surface area contributed by atoms with Crippen molar-refractivity contribution in [2.45, 2.75) is 6.92 Å². The van der Waals surface area contributed by atoms with Crippen molar-refractivity contribution in [2.24, 2.45) is 0 Å². The summed E-state index contributed by atoms with van der Waals surface area (Å²) in [4.78, 5) is 0. The molecule has 2 N–H and O–H groups in total. The van der Waals surface area contributed by atoms with Crippen LogP contribution in [0.25, 0.3) is 0 Å². The second kappa shape index (κ2) is 9.84. The molecule has 0 radical (unpaired) electrons. The molecule has 0 saturated heterocycles. The molecule has 68 valence electrons. The number of hydrogen-bond donors (Lipinski definition) is 2. The van der Waals surface area contributed by atoms with Crippen molar-refractivity contribution in [3.63, 3.8) is 0 Å². The van der Waals surface area contributed by atoms with E-state index in [0.29, 0.717) is 0 Å². The summed E-state index contributed by atoms with van der Waals surface area (Å²) in [6, 6.07) is 0. The minimum atomic E-state index is 0.724. The van der Waals surface area contributed by atoms with Crippen molar-refractivity contribution >= 4 is 0 Å². The standard InChI is InChI=1S/C7H18N2O2/c1-3-11-7-5-9-8-4-6-10-2/h8-9H,3-7H2,1-2H3. The maximum Gasteiger partial charge on any atom is 0.0604 e. The number of nitrogens with one attached hydrogen (secondary N) is 2. The van der Waals surface area contributed by atoms with Gasteiger partial charge < -0.3 is 9.47 Å². The molecule has 0 amide bonds. The third kappa shape index (κ3) is 9.84. The van der Waals surface area contributed by atoms with Gasteiger partial charge in [-0.3, -0.25) is 10.9 Å². The van der Waals surface area contributed by atoms with Crippen molar-refractivity contribution in [3.05, 3.63) is 0 Å². The Hall–Kier alpha value is -0.160. The van der Waals surface area contributed by atoms with E-state index in [1.165, 1.54) is 0 Å². The van der Waals surface area contributed by atoms with E-state index < -0.39 is 0 Å². The molecule has 11 heavy (non-hydrogen) atoms. The summed E-state index contributed by atoms with van der Waals surface area (Å²) in [5.41, 5.74) is 5.99. The number of methoxy groups -OCH3 is 1. The molecule has 0 aliphatic heterocycles. The second-order valence-corrected chi connectivity index (χ2v) is 2.04. The van der Waals surface area contributed by atoms with E-state index in [1.54, 1.807) is 7.11 Å². The lowest BCUT2D eigenvalue weighted by Gasteiger charge is -2.05. The molecule has 0 aliphatic rings. The van der Waals surface area contributed by atoms with Gasteiger partial charge in [-0.05, 0) is 6.92 Å². The first-order valence-corrected chi connectivity index (χ1v) is 3.94. The van der Waals surface area contributed by atoms with Gasteiger partial charge in [0.05, 0.1) is 13.2 Å². The smallest absolute Gasteiger partial charge is 0.0604 e. The van der Waals surface area contributed by atoms with E-state index in [4.69, 9.17) is 9.47 Å². The summed E-state index contributed by atoms with van der Waals surface area (Å²) in [7, 11) is 1.68. The zero-order valence-electron chi connectivity index (χ0n) is 7.35. The van der Waals surface area contributed by atoms with Crippen molar-refractivity contribution in [1.29, 1.82) is 0 Å². The molecule has 4 heteroatoms. The molecule has 4 nitrogen and oxygen atoms in total. The lowest BCUT2D eigenvalue weighted by molar-refractivity contribution is 0.143. The largest absolute Gasteiger partial charge is 0.383 e. The molecule has 0 aromatic rings. The van der Waals surface area contributed by atoms with Gasteiger partial charge in [-0.15, -0.1) is 0 Å². The summed E-state index contributed by atoms with van der Waals surface area (Å²) in [5, 5.41) is 0. The normalized spacial score (nSPS) is 10.4. The Kier molecular flexibility index (Phi) is 9.70. The van der Waals surface area contributed by atoms with Crippen LogP contribution in [0, 0.1) is 0 Å². The van der Waals surface area contributed by atoms with Crippen molar-refractivity contribution < 1.29 is 9.47 Å². The quantitative estimate of drug-likeness (QED) is 0.382. The average Bonchev–Trinajstić information content (AvgIpc) is 2.03. The molecular weight excluding hydrogens is 144 g/mol. The van der Waals surface area contributed by atoms with Gasteiger partial charge >= 0.3 is 0 Å². The van der Waals surface area contributed by atoms with Crippen LogP contribution in [0.2, 0.25) is 0 Å². The van der Waals surface area contributed by atoms with Crippen LogP contribution in [0.3, 0.4) is 0 Å². The van der Waals surface area contributed by atoms with Crippen LogP contribution in [0.15, 0.2) is 0 Å². The van der Waals surface area contributed by atoms with Crippen LogP contribution in [-0.2, 0) is 9.47 Å². The molecule has 0 fully saturated rings. The molecule has 0 aliphatic carbocycles. The van der Waals surface area contributed by atoms with Gasteiger partial charge in [-0.1, -0.05) is 0 Å². The molecular formula is C7H18N2O2. The fourth-order valence-electron chi connectivity index (χ4n) is 0.597. The van der Waals surface area contributed by atoms with Gasteiger partial charge in [0.25, 0.3) is 0 Å². The highest BCUT2D eigenvalue weighted by Gasteiger charge is 1.85. The van der Waals surface area contributed by atoms with E-state index in [1.807, 2.05) is 6.92 Å². The van der Waals surface area contributed by atoms with E-state index in [2.05, 4.69) is 10.9 Å². The van der Waals surface area contributed by atoms with E-state index >= 15 is 0 Å². The second-order valence-electron chi connectivity index (χ2n) is 2.04. The van der Waals surface area contributed by atoms with Crippen LogP contribution < -0.4 is 10.9 Å². The third-order valence-electron chi connectivity index (χ3n) is 1.13. The first-order chi connectivity index (χ1) is 5.41. The Bertz CT molecular complexity index is 63.5. The fraction of sp³-hybridized carbons (Fsp3) is 1.00. The highest BCUT2D eigenvalue weighted by molar-refractivity contribution is 4.39. The zero-order valence-corrected chi connectivity index (χ0v) is 7.35. The van der Waals surface area contributed by atoms with E-state index in [0.717, 1.165) is 32.9 Å². The van der Waals surface area contributed by atoms with E-state index in [-0.39, 0.29) is 0 Å². The predicted molar refractivity (Wildman–Crippen MR) is 44.4 cm³/mol. The summed E-state index contributed by atoms with van der Waals surface area (Å²) in [6.45, 7) is 5.89. The Morgan fingerprint density at radius 1 is 1.09 bits per heavy atom. The summed E-state index contributed by atoms with van der Waals surface area (Å²) in [6.07, 6.45) is 0. The monoisotopic (exact) mass is 162 g/mol. The summed E-state index contributed by atoms with van der Waals surface area (Å²) in [5.74, 6) is 0. The van der Waals surface area contributed by atoms with Gasteiger partial charge in [-0.25, -0.2) is 0 Å². The van der Waals surface area contributed by atoms with Crippen LogP contribution in [-0.4, -0.2) is 40.0 Å². The molecule has 0 heterocycles. The van der Waals surface area contributed by atoms with E-state index in [9.17, 15) is 0 Å². The number of ether oxygens (including phenoxy) is 2. The lowest BCUT2D eigenvalue weighted by Crippen LogP contribution is -2.36. The maximum atomic E-state index is 5.11. The van der Waals surface area contributed by atoms with Gasteiger partial charge in [0.1, 0.15) is 0 Å². The SMILES string of the molecule is CCOCCNNCCOC. The first-order valence-electron chi connectivity index (χ1n) is 3.94. The molecule has 0 spiro atoms. The lowest BCUT2D eigenvalue weighted by atomic mass is 10.7. The third-order valence-corrected chi connectivity index (χ3v) is 1.13. The van der Waals surface area contributed by atoms with Crippen molar-refractivity contribution in [3.8, 4) is 0 Å².